The Morgan fingerprint density at radius 3 is 1.25 bits per heavy atom. The standard InChI is InChI=1S/C28H28N2O2/c1-5-17-9-11-19-23(13-17)29(7-3)25-15-22-26(16-21(25)27(19)31)30(8-4)24-14-18(6-2)10-12-20(24)28(22)32/h9-16H,5-8H2,1-4H3. The van der Waals surface area contributed by atoms with Gasteiger partial charge in [0.05, 0.1) is 22.1 Å². The van der Waals surface area contributed by atoms with Crippen molar-refractivity contribution in [2.45, 2.75) is 53.6 Å². The Kier molecular flexibility index (Phi) is 4.89. The van der Waals surface area contributed by atoms with Crippen molar-refractivity contribution in [2.24, 2.45) is 0 Å². The minimum Gasteiger partial charge on any atom is -0.341 e. The number of aryl methyl sites for hydroxylation is 4. The van der Waals surface area contributed by atoms with Crippen molar-refractivity contribution in [1.29, 1.82) is 0 Å². The highest BCUT2D eigenvalue weighted by molar-refractivity contribution is 6.03. The van der Waals surface area contributed by atoms with Crippen LogP contribution in [0.15, 0.2) is 58.1 Å². The molecule has 0 amide bonds. The molecule has 0 radical (unpaired) electrons. The minimum atomic E-state index is 0.0294. The van der Waals surface area contributed by atoms with Crippen LogP contribution in [0.5, 0.6) is 0 Å². The van der Waals surface area contributed by atoms with Gasteiger partial charge in [-0.3, -0.25) is 9.59 Å². The average Bonchev–Trinajstić information content (AvgIpc) is 2.83. The predicted octanol–water partition coefficient (Wildman–Crippen LogP) is 5.79. The lowest BCUT2D eigenvalue weighted by Crippen LogP contribution is -2.15. The van der Waals surface area contributed by atoms with Crippen molar-refractivity contribution in [1.82, 2.24) is 9.13 Å². The van der Waals surface area contributed by atoms with E-state index in [9.17, 15) is 9.59 Å². The van der Waals surface area contributed by atoms with Crippen LogP contribution in [0.4, 0.5) is 0 Å². The summed E-state index contributed by atoms with van der Waals surface area (Å²) in [6, 6.07) is 16.1. The molecule has 0 saturated carbocycles. The molecule has 32 heavy (non-hydrogen) atoms. The lowest BCUT2D eigenvalue weighted by molar-refractivity contribution is 0.815. The maximum atomic E-state index is 13.5. The number of hydrogen-bond acceptors (Lipinski definition) is 2. The van der Waals surface area contributed by atoms with Crippen LogP contribution in [0.3, 0.4) is 0 Å². The van der Waals surface area contributed by atoms with Gasteiger partial charge in [0.25, 0.3) is 0 Å². The third-order valence-electron chi connectivity index (χ3n) is 6.83. The zero-order valence-corrected chi connectivity index (χ0v) is 19.2. The first-order valence-corrected chi connectivity index (χ1v) is 11.6. The first-order valence-electron chi connectivity index (χ1n) is 11.6. The van der Waals surface area contributed by atoms with Gasteiger partial charge in [0.2, 0.25) is 0 Å². The van der Waals surface area contributed by atoms with Crippen LogP contribution in [0, 0.1) is 0 Å². The number of benzene rings is 3. The molecule has 4 nitrogen and oxygen atoms in total. The zero-order chi connectivity index (χ0) is 22.6. The Hall–Kier alpha value is -3.40. The molecule has 0 saturated heterocycles. The van der Waals surface area contributed by atoms with Gasteiger partial charge in [0, 0.05) is 34.6 Å². The lowest BCUT2D eigenvalue weighted by Gasteiger charge is -2.18. The number of rotatable bonds is 4. The molecule has 162 valence electrons. The molecule has 2 heterocycles. The highest BCUT2D eigenvalue weighted by Crippen LogP contribution is 2.27. The molecule has 5 rings (SSSR count). The van der Waals surface area contributed by atoms with Gasteiger partial charge in [-0.05, 0) is 74.2 Å². The van der Waals surface area contributed by atoms with E-state index in [1.54, 1.807) is 0 Å². The normalized spacial score (nSPS) is 11.9. The summed E-state index contributed by atoms with van der Waals surface area (Å²) in [5.74, 6) is 0. The molecule has 0 aliphatic heterocycles. The van der Waals surface area contributed by atoms with Crippen LogP contribution in [-0.4, -0.2) is 9.13 Å². The molecule has 3 aromatic carbocycles. The van der Waals surface area contributed by atoms with Gasteiger partial charge in [-0.2, -0.15) is 0 Å². The van der Waals surface area contributed by atoms with Crippen LogP contribution in [0.1, 0.15) is 38.8 Å². The summed E-state index contributed by atoms with van der Waals surface area (Å²) in [4.78, 5) is 27.1. The van der Waals surface area contributed by atoms with E-state index in [4.69, 9.17) is 0 Å². The van der Waals surface area contributed by atoms with Crippen LogP contribution < -0.4 is 10.9 Å². The van der Waals surface area contributed by atoms with Gasteiger partial charge in [-0.1, -0.05) is 26.0 Å². The Labute approximate surface area is 186 Å². The summed E-state index contributed by atoms with van der Waals surface area (Å²) in [5.41, 5.74) is 5.99. The van der Waals surface area contributed by atoms with Crippen molar-refractivity contribution >= 4 is 43.6 Å². The van der Waals surface area contributed by atoms with Gasteiger partial charge in [-0.15, -0.1) is 0 Å². The maximum absolute atomic E-state index is 13.5. The molecule has 0 aliphatic carbocycles. The van der Waals surface area contributed by atoms with E-state index in [0.29, 0.717) is 10.8 Å². The smallest absolute Gasteiger partial charge is 0.197 e. The second-order valence-corrected chi connectivity index (χ2v) is 8.44. The Morgan fingerprint density at radius 2 is 0.906 bits per heavy atom. The molecular formula is C28H28N2O2. The number of nitrogens with zero attached hydrogens (tertiary/aromatic N) is 2. The van der Waals surface area contributed by atoms with Gasteiger partial charge >= 0.3 is 0 Å². The van der Waals surface area contributed by atoms with Crippen molar-refractivity contribution in [2.75, 3.05) is 0 Å². The van der Waals surface area contributed by atoms with Gasteiger partial charge in [0.1, 0.15) is 0 Å². The van der Waals surface area contributed by atoms with E-state index in [2.05, 4.69) is 49.0 Å². The Morgan fingerprint density at radius 1 is 0.531 bits per heavy atom. The van der Waals surface area contributed by atoms with Crippen molar-refractivity contribution < 1.29 is 0 Å². The second-order valence-electron chi connectivity index (χ2n) is 8.44. The topological polar surface area (TPSA) is 44.0 Å². The fraction of sp³-hybridized carbons (Fsp3) is 0.286. The van der Waals surface area contributed by atoms with Gasteiger partial charge < -0.3 is 9.13 Å². The van der Waals surface area contributed by atoms with Crippen molar-refractivity contribution in [3.63, 3.8) is 0 Å². The molecule has 0 spiro atoms. The van der Waals surface area contributed by atoms with Crippen LogP contribution in [0.25, 0.3) is 43.6 Å². The zero-order valence-electron chi connectivity index (χ0n) is 19.2. The molecule has 0 aliphatic rings. The summed E-state index contributed by atoms with van der Waals surface area (Å²) < 4.78 is 4.34. The number of fused-ring (bicyclic) bond motifs is 4. The summed E-state index contributed by atoms with van der Waals surface area (Å²) in [5, 5.41) is 2.80. The number of pyridine rings is 2. The molecular weight excluding hydrogens is 396 g/mol. The predicted molar refractivity (Wildman–Crippen MR) is 135 cm³/mol. The Balaban J connectivity index is 2.03. The summed E-state index contributed by atoms with van der Waals surface area (Å²) in [6.45, 7) is 9.86. The molecule has 0 bridgehead atoms. The van der Waals surface area contributed by atoms with Crippen LogP contribution >= 0.6 is 0 Å². The summed E-state index contributed by atoms with van der Waals surface area (Å²) in [6.07, 6.45) is 1.83. The minimum absolute atomic E-state index is 0.0294. The largest absolute Gasteiger partial charge is 0.341 e. The molecule has 5 aromatic rings. The Bertz CT molecular complexity index is 1530. The molecule has 0 atom stereocenters. The highest BCUT2D eigenvalue weighted by atomic mass is 16.1. The monoisotopic (exact) mass is 424 g/mol. The van der Waals surface area contributed by atoms with E-state index in [-0.39, 0.29) is 10.9 Å². The first kappa shape index (κ1) is 20.5. The van der Waals surface area contributed by atoms with E-state index >= 15 is 0 Å². The van der Waals surface area contributed by atoms with Crippen LogP contribution in [0.2, 0.25) is 0 Å². The molecule has 0 fully saturated rings. The van der Waals surface area contributed by atoms with Crippen LogP contribution in [-0.2, 0) is 25.9 Å². The van der Waals surface area contributed by atoms with Gasteiger partial charge in [0.15, 0.2) is 10.9 Å². The molecule has 4 heteroatoms. The lowest BCUT2D eigenvalue weighted by atomic mass is 10.0. The number of hydrogen-bond donors (Lipinski definition) is 0. The molecule has 0 N–H and O–H groups in total. The van der Waals surface area contributed by atoms with E-state index < -0.39 is 0 Å². The number of aromatic nitrogens is 2. The van der Waals surface area contributed by atoms with Crippen molar-refractivity contribution in [3.8, 4) is 0 Å². The third-order valence-corrected chi connectivity index (χ3v) is 6.83. The SMILES string of the molecule is CCc1ccc2c(=O)c3cc4c(cc3n(CC)c2c1)c(=O)c1ccc(CC)cc1n4CC. The second kappa shape index (κ2) is 7.63. The van der Waals surface area contributed by atoms with Crippen molar-refractivity contribution in [3.05, 3.63) is 80.1 Å². The highest BCUT2D eigenvalue weighted by Gasteiger charge is 2.16. The fourth-order valence-corrected chi connectivity index (χ4v) is 5.04. The molecule has 0 unspecified atom stereocenters. The van der Waals surface area contributed by atoms with E-state index in [1.165, 1.54) is 11.1 Å². The maximum Gasteiger partial charge on any atom is 0.197 e. The summed E-state index contributed by atoms with van der Waals surface area (Å²) >= 11 is 0. The molecule has 2 aromatic heterocycles. The van der Waals surface area contributed by atoms with Gasteiger partial charge in [-0.25, -0.2) is 0 Å². The first-order chi connectivity index (χ1) is 15.5. The van der Waals surface area contributed by atoms with E-state index in [1.807, 2.05) is 36.4 Å². The van der Waals surface area contributed by atoms with E-state index in [0.717, 1.165) is 58.8 Å². The third kappa shape index (κ3) is 2.82. The average molecular weight is 425 g/mol. The quantitative estimate of drug-likeness (QED) is 0.343. The summed E-state index contributed by atoms with van der Waals surface area (Å²) in [7, 11) is 0. The fourth-order valence-electron chi connectivity index (χ4n) is 5.04.